The SMILES string of the molecule is COc1cccc(Nc2nc(=O)c(OC)cn2Cc2cc(F)cc(F)c2)c1Cl. The molecule has 2 aromatic carbocycles. The van der Waals surface area contributed by atoms with Gasteiger partial charge in [-0.3, -0.25) is 4.79 Å². The third-order valence-corrected chi connectivity index (χ3v) is 4.28. The molecule has 0 aliphatic heterocycles. The quantitative estimate of drug-likeness (QED) is 0.669. The molecule has 9 heteroatoms. The molecule has 0 unspecified atom stereocenters. The van der Waals surface area contributed by atoms with E-state index in [0.717, 1.165) is 6.07 Å². The zero-order chi connectivity index (χ0) is 20.3. The number of hydrogen-bond acceptors (Lipinski definition) is 5. The standard InChI is InChI=1S/C19H16ClF2N3O3/c1-27-15-5-3-4-14(17(15)20)23-19-24-18(26)16(28-2)10-25(19)9-11-6-12(21)8-13(22)7-11/h3-8,10H,9H2,1-2H3,(H,23,24,26). The summed E-state index contributed by atoms with van der Waals surface area (Å²) >= 11 is 6.28. The summed E-state index contributed by atoms with van der Waals surface area (Å²) in [5.41, 5.74) is 0.174. The summed E-state index contributed by atoms with van der Waals surface area (Å²) in [6.07, 6.45) is 1.40. The minimum Gasteiger partial charge on any atom is -0.495 e. The van der Waals surface area contributed by atoms with Gasteiger partial charge in [0.25, 0.3) is 0 Å². The highest BCUT2D eigenvalue weighted by Gasteiger charge is 2.14. The first-order valence-electron chi connectivity index (χ1n) is 8.11. The van der Waals surface area contributed by atoms with Gasteiger partial charge in [-0.2, -0.15) is 4.98 Å². The Labute approximate surface area is 164 Å². The van der Waals surface area contributed by atoms with E-state index < -0.39 is 17.2 Å². The third-order valence-electron chi connectivity index (χ3n) is 3.89. The first kappa shape index (κ1) is 19.6. The molecule has 0 fully saturated rings. The van der Waals surface area contributed by atoms with Gasteiger partial charge >= 0.3 is 5.56 Å². The topological polar surface area (TPSA) is 65.4 Å². The summed E-state index contributed by atoms with van der Waals surface area (Å²) in [7, 11) is 2.81. The molecular weight excluding hydrogens is 392 g/mol. The Hall–Kier alpha value is -3.13. The van der Waals surface area contributed by atoms with Gasteiger partial charge in [0.05, 0.1) is 32.6 Å². The van der Waals surface area contributed by atoms with E-state index in [2.05, 4.69) is 10.3 Å². The average Bonchev–Trinajstić information content (AvgIpc) is 2.64. The fourth-order valence-corrected chi connectivity index (χ4v) is 2.87. The Morgan fingerprint density at radius 1 is 1.11 bits per heavy atom. The molecule has 0 spiro atoms. The number of rotatable bonds is 6. The van der Waals surface area contributed by atoms with Gasteiger partial charge in [-0.05, 0) is 29.8 Å². The predicted octanol–water partition coefficient (Wildman–Crippen LogP) is 3.98. The minimum atomic E-state index is -0.707. The van der Waals surface area contributed by atoms with Crippen LogP contribution >= 0.6 is 11.6 Å². The normalized spacial score (nSPS) is 10.6. The number of halogens is 3. The zero-order valence-electron chi connectivity index (χ0n) is 15.0. The van der Waals surface area contributed by atoms with Gasteiger partial charge in [0.1, 0.15) is 22.4 Å². The van der Waals surface area contributed by atoms with Crippen LogP contribution in [0.15, 0.2) is 47.4 Å². The second-order valence-corrected chi connectivity index (χ2v) is 6.17. The van der Waals surface area contributed by atoms with Crippen molar-refractivity contribution in [2.45, 2.75) is 6.54 Å². The first-order chi connectivity index (χ1) is 13.4. The summed E-state index contributed by atoms with van der Waals surface area (Å²) in [4.78, 5) is 16.1. The Balaban J connectivity index is 2.05. The van der Waals surface area contributed by atoms with Crippen molar-refractivity contribution in [2.75, 3.05) is 19.5 Å². The van der Waals surface area contributed by atoms with Crippen molar-refractivity contribution in [3.05, 3.63) is 75.2 Å². The second kappa shape index (κ2) is 8.26. The smallest absolute Gasteiger partial charge is 0.316 e. The van der Waals surface area contributed by atoms with E-state index in [-0.39, 0.29) is 18.2 Å². The van der Waals surface area contributed by atoms with Gasteiger partial charge in [-0.25, -0.2) is 8.78 Å². The zero-order valence-corrected chi connectivity index (χ0v) is 15.8. The van der Waals surface area contributed by atoms with Gasteiger partial charge in [-0.1, -0.05) is 17.7 Å². The molecule has 146 valence electrons. The molecule has 0 saturated heterocycles. The average molecular weight is 408 g/mol. The summed E-state index contributed by atoms with van der Waals surface area (Å²) < 4.78 is 38.8. The van der Waals surface area contributed by atoms with Crippen LogP contribution in [0.5, 0.6) is 11.5 Å². The molecule has 0 aliphatic rings. The molecule has 0 radical (unpaired) electrons. The molecule has 3 aromatic rings. The Morgan fingerprint density at radius 3 is 2.43 bits per heavy atom. The van der Waals surface area contributed by atoms with E-state index in [1.807, 2.05) is 0 Å². The second-order valence-electron chi connectivity index (χ2n) is 5.79. The van der Waals surface area contributed by atoms with Crippen molar-refractivity contribution in [3.8, 4) is 11.5 Å². The van der Waals surface area contributed by atoms with Gasteiger partial charge in [0, 0.05) is 6.07 Å². The highest BCUT2D eigenvalue weighted by atomic mass is 35.5. The number of anilines is 2. The van der Waals surface area contributed by atoms with Crippen LogP contribution in [0.25, 0.3) is 0 Å². The molecular formula is C19H16ClF2N3O3. The number of aromatic nitrogens is 2. The van der Waals surface area contributed by atoms with E-state index in [0.29, 0.717) is 22.0 Å². The third kappa shape index (κ3) is 4.23. The fraction of sp³-hybridized carbons (Fsp3) is 0.158. The lowest BCUT2D eigenvalue weighted by molar-refractivity contribution is 0.402. The van der Waals surface area contributed by atoms with Crippen LogP contribution in [-0.2, 0) is 6.54 Å². The van der Waals surface area contributed by atoms with Gasteiger partial charge in [0.2, 0.25) is 11.7 Å². The van der Waals surface area contributed by atoms with Gasteiger partial charge < -0.3 is 19.4 Å². The van der Waals surface area contributed by atoms with E-state index in [9.17, 15) is 13.6 Å². The summed E-state index contributed by atoms with van der Waals surface area (Å²) in [5.74, 6) is -0.881. The maximum Gasteiger partial charge on any atom is 0.316 e. The molecule has 6 nitrogen and oxygen atoms in total. The molecule has 0 atom stereocenters. The number of nitrogens with zero attached hydrogens (tertiary/aromatic N) is 2. The number of benzene rings is 2. The van der Waals surface area contributed by atoms with Crippen molar-refractivity contribution >= 4 is 23.2 Å². The first-order valence-corrected chi connectivity index (χ1v) is 8.49. The van der Waals surface area contributed by atoms with Crippen molar-refractivity contribution in [1.82, 2.24) is 9.55 Å². The monoisotopic (exact) mass is 407 g/mol. The summed E-state index contributed by atoms with van der Waals surface area (Å²) in [6.45, 7) is 0.0300. The number of hydrogen-bond donors (Lipinski definition) is 1. The molecule has 28 heavy (non-hydrogen) atoms. The maximum absolute atomic E-state index is 13.5. The van der Waals surface area contributed by atoms with Gasteiger partial charge in [0.15, 0.2) is 0 Å². The lowest BCUT2D eigenvalue weighted by Crippen LogP contribution is -2.19. The minimum absolute atomic E-state index is 0.0147. The van der Waals surface area contributed by atoms with Crippen LogP contribution in [0.2, 0.25) is 5.02 Å². The number of methoxy groups -OCH3 is 2. The summed E-state index contributed by atoms with van der Waals surface area (Å²) in [5, 5.41) is 3.24. The van der Waals surface area contributed by atoms with Crippen LogP contribution in [-0.4, -0.2) is 23.8 Å². The van der Waals surface area contributed by atoms with Crippen molar-refractivity contribution in [3.63, 3.8) is 0 Å². The van der Waals surface area contributed by atoms with Gasteiger partial charge in [-0.15, -0.1) is 0 Å². The Bertz CT molecular complexity index is 1050. The maximum atomic E-state index is 13.5. The predicted molar refractivity (Wildman–Crippen MR) is 102 cm³/mol. The molecule has 1 aromatic heterocycles. The van der Waals surface area contributed by atoms with E-state index in [4.69, 9.17) is 21.1 Å². The Morgan fingerprint density at radius 2 is 1.79 bits per heavy atom. The van der Waals surface area contributed by atoms with Crippen molar-refractivity contribution < 1.29 is 18.3 Å². The van der Waals surface area contributed by atoms with E-state index in [1.165, 1.54) is 37.1 Å². The molecule has 0 amide bonds. The molecule has 0 saturated carbocycles. The molecule has 0 aliphatic carbocycles. The number of ether oxygens (including phenoxy) is 2. The van der Waals surface area contributed by atoms with Crippen LogP contribution in [0.3, 0.4) is 0 Å². The van der Waals surface area contributed by atoms with E-state index in [1.54, 1.807) is 18.2 Å². The van der Waals surface area contributed by atoms with Crippen LogP contribution in [0.4, 0.5) is 20.4 Å². The van der Waals surface area contributed by atoms with Crippen LogP contribution in [0.1, 0.15) is 5.56 Å². The fourth-order valence-electron chi connectivity index (χ4n) is 2.62. The Kier molecular flexibility index (Phi) is 5.79. The molecule has 1 N–H and O–H groups in total. The largest absolute Gasteiger partial charge is 0.495 e. The van der Waals surface area contributed by atoms with Crippen LogP contribution in [0, 0.1) is 11.6 Å². The highest BCUT2D eigenvalue weighted by Crippen LogP contribution is 2.33. The summed E-state index contributed by atoms with van der Waals surface area (Å²) in [6, 6.07) is 8.22. The molecule has 1 heterocycles. The van der Waals surface area contributed by atoms with Crippen molar-refractivity contribution in [2.24, 2.45) is 0 Å². The number of nitrogens with one attached hydrogen (secondary N) is 1. The lowest BCUT2D eigenvalue weighted by atomic mass is 10.2. The van der Waals surface area contributed by atoms with Crippen LogP contribution < -0.4 is 20.3 Å². The molecule has 0 bridgehead atoms. The highest BCUT2D eigenvalue weighted by molar-refractivity contribution is 6.34. The van der Waals surface area contributed by atoms with E-state index >= 15 is 0 Å². The molecule has 3 rings (SSSR count). The van der Waals surface area contributed by atoms with Crippen molar-refractivity contribution in [1.29, 1.82) is 0 Å². The lowest BCUT2D eigenvalue weighted by Gasteiger charge is -2.16.